The summed E-state index contributed by atoms with van der Waals surface area (Å²) in [6.45, 7) is 4.26. The van der Waals surface area contributed by atoms with E-state index in [-0.39, 0.29) is 18.9 Å². The first-order chi connectivity index (χ1) is 32.5. The first kappa shape index (κ1) is 64.8. The van der Waals surface area contributed by atoms with E-state index in [9.17, 15) is 20.1 Å². The molecule has 0 aliphatic heterocycles. The van der Waals surface area contributed by atoms with E-state index in [0.29, 0.717) is 6.42 Å². The topological polar surface area (TPSA) is 89.8 Å². The monoisotopic (exact) mass is 930 g/mol. The third-order valence-corrected chi connectivity index (χ3v) is 14.2. The van der Waals surface area contributed by atoms with Gasteiger partial charge in [-0.25, -0.2) is 0 Å². The van der Waals surface area contributed by atoms with Crippen molar-refractivity contribution in [2.45, 2.75) is 353 Å². The van der Waals surface area contributed by atoms with Crippen LogP contribution in [0, 0.1) is 0 Å². The molecule has 0 saturated heterocycles. The molecule has 66 heavy (non-hydrogen) atoms. The second-order valence-electron chi connectivity index (χ2n) is 21.0. The van der Waals surface area contributed by atoms with Crippen molar-refractivity contribution in [3.63, 3.8) is 0 Å². The summed E-state index contributed by atoms with van der Waals surface area (Å²) in [5.74, 6) is -0.309. The van der Waals surface area contributed by atoms with E-state index in [1.165, 1.54) is 283 Å². The molecule has 0 heterocycles. The number of allylic oxidation sites excluding steroid dienone is 3. The average Bonchev–Trinajstić information content (AvgIpc) is 3.31. The van der Waals surface area contributed by atoms with Crippen LogP contribution in [0.3, 0.4) is 0 Å². The number of aliphatic hydroxyl groups excluding tert-OH is 3. The smallest absolute Gasteiger partial charge is 0.222 e. The van der Waals surface area contributed by atoms with Gasteiger partial charge in [0, 0.05) is 0 Å². The summed E-state index contributed by atoms with van der Waals surface area (Å²) < 4.78 is 0. The van der Waals surface area contributed by atoms with Gasteiger partial charge in [-0.1, -0.05) is 308 Å². The number of rotatable bonds is 56. The number of hydrogen-bond donors (Lipinski definition) is 4. The summed E-state index contributed by atoms with van der Waals surface area (Å²) in [4.78, 5) is 12.5. The zero-order valence-corrected chi connectivity index (χ0v) is 44.9. The SMILES string of the molecule is CCCCCCCCCCCCCC/C=C\CCCCCCCCCCCCCCCCCC(O)CC(=O)NC(CO)C(O)/C=C/CCCCCCCCCCCCCCCCCCCC. The molecule has 0 aromatic carbocycles. The third-order valence-electron chi connectivity index (χ3n) is 14.2. The van der Waals surface area contributed by atoms with Crippen molar-refractivity contribution in [2.75, 3.05) is 6.61 Å². The Hall–Kier alpha value is -1.17. The summed E-state index contributed by atoms with van der Waals surface area (Å²) in [5.41, 5.74) is 0. The van der Waals surface area contributed by atoms with Crippen molar-refractivity contribution in [2.24, 2.45) is 0 Å². The van der Waals surface area contributed by atoms with E-state index in [0.717, 1.165) is 25.7 Å². The largest absolute Gasteiger partial charge is 0.394 e. The van der Waals surface area contributed by atoms with E-state index in [2.05, 4.69) is 31.3 Å². The van der Waals surface area contributed by atoms with Gasteiger partial charge in [0.2, 0.25) is 5.91 Å². The fourth-order valence-electron chi connectivity index (χ4n) is 9.63. The fraction of sp³-hybridized carbons (Fsp3) is 0.918. The van der Waals surface area contributed by atoms with E-state index in [4.69, 9.17) is 0 Å². The highest BCUT2D eigenvalue weighted by Crippen LogP contribution is 2.18. The van der Waals surface area contributed by atoms with Gasteiger partial charge in [-0.15, -0.1) is 0 Å². The number of aliphatic hydroxyl groups is 3. The highest BCUT2D eigenvalue weighted by molar-refractivity contribution is 5.76. The van der Waals surface area contributed by atoms with Gasteiger partial charge >= 0.3 is 0 Å². The van der Waals surface area contributed by atoms with Gasteiger partial charge in [0.1, 0.15) is 0 Å². The maximum absolute atomic E-state index is 12.5. The molecule has 5 heteroatoms. The first-order valence-electron chi connectivity index (χ1n) is 30.1. The minimum absolute atomic E-state index is 0.0173. The molecule has 0 bridgehead atoms. The summed E-state index contributed by atoms with van der Waals surface area (Å²) >= 11 is 0. The Morgan fingerprint density at radius 3 is 0.924 bits per heavy atom. The number of carbonyl (C=O) groups is 1. The zero-order chi connectivity index (χ0) is 47.9. The minimum atomic E-state index is -0.928. The quantitative estimate of drug-likeness (QED) is 0.0361. The Morgan fingerprint density at radius 2 is 0.636 bits per heavy atom. The highest BCUT2D eigenvalue weighted by Gasteiger charge is 2.20. The molecular formula is C61H119NO4. The first-order valence-corrected chi connectivity index (χ1v) is 30.1. The van der Waals surface area contributed by atoms with Crippen LogP contribution in [0.25, 0.3) is 0 Å². The molecular weight excluding hydrogens is 811 g/mol. The molecule has 4 N–H and O–H groups in total. The maximum atomic E-state index is 12.5. The molecule has 5 nitrogen and oxygen atoms in total. The Labute approximate surface area is 413 Å². The number of unbranched alkanes of at least 4 members (excludes halogenated alkanes) is 45. The van der Waals surface area contributed by atoms with E-state index in [1.807, 2.05) is 6.08 Å². The van der Waals surface area contributed by atoms with Gasteiger partial charge in [-0.3, -0.25) is 4.79 Å². The Morgan fingerprint density at radius 1 is 0.379 bits per heavy atom. The van der Waals surface area contributed by atoms with Crippen molar-refractivity contribution in [3.05, 3.63) is 24.3 Å². The van der Waals surface area contributed by atoms with Gasteiger partial charge in [0.15, 0.2) is 0 Å². The van der Waals surface area contributed by atoms with Crippen LogP contribution in [0.1, 0.15) is 335 Å². The normalized spacial score (nSPS) is 13.3. The van der Waals surface area contributed by atoms with Gasteiger partial charge in [0.05, 0.1) is 31.3 Å². The molecule has 3 unspecified atom stereocenters. The molecule has 0 spiro atoms. The van der Waals surface area contributed by atoms with Crippen LogP contribution in [0.4, 0.5) is 0 Å². The summed E-state index contributed by atoms with van der Waals surface area (Å²) in [6, 6.07) is -0.743. The van der Waals surface area contributed by atoms with Crippen molar-refractivity contribution < 1.29 is 20.1 Å². The molecule has 0 radical (unpaired) electrons. The summed E-state index contributed by atoms with van der Waals surface area (Å²) in [5, 5.41) is 33.5. The molecule has 0 aliphatic carbocycles. The number of nitrogens with one attached hydrogen (secondary N) is 1. The van der Waals surface area contributed by atoms with E-state index >= 15 is 0 Å². The molecule has 3 atom stereocenters. The molecule has 0 saturated carbocycles. The van der Waals surface area contributed by atoms with Crippen LogP contribution in [0.15, 0.2) is 24.3 Å². The fourth-order valence-corrected chi connectivity index (χ4v) is 9.63. The molecule has 0 fully saturated rings. The minimum Gasteiger partial charge on any atom is -0.394 e. The lowest BCUT2D eigenvalue weighted by molar-refractivity contribution is -0.124. The van der Waals surface area contributed by atoms with E-state index in [1.54, 1.807) is 6.08 Å². The lowest BCUT2D eigenvalue weighted by Crippen LogP contribution is -2.45. The second-order valence-corrected chi connectivity index (χ2v) is 21.0. The van der Waals surface area contributed by atoms with Gasteiger partial charge < -0.3 is 20.6 Å². The van der Waals surface area contributed by atoms with Gasteiger partial charge in [0.25, 0.3) is 0 Å². The Kier molecular flexibility index (Phi) is 55.4. The predicted molar refractivity (Wildman–Crippen MR) is 292 cm³/mol. The lowest BCUT2D eigenvalue weighted by Gasteiger charge is -2.21. The standard InChI is InChI=1S/C61H119NO4/c1-3-5-7-9-11-13-15-17-19-21-23-25-26-27-28-29-30-31-32-33-34-35-36-38-40-42-44-46-48-50-52-54-58(64)56-61(66)62-59(57-63)60(65)55-53-51-49-47-45-43-41-39-37-24-22-20-18-16-14-12-10-8-6-4-2/h27-28,53,55,58-60,63-65H,3-26,29-52,54,56-57H2,1-2H3,(H,62,66)/b28-27-,55-53+. The zero-order valence-electron chi connectivity index (χ0n) is 44.9. The van der Waals surface area contributed by atoms with Crippen LogP contribution in [0.2, 0.25) is 0 Å². The van der Waals surface area contributed by atoms with Crippen molar-refractivity contribution >= 4 is 5.91 Å². The molecule has 0 aliphatic rings. The molecule has 0 aromatic heterocycles. The van der Waals surface area contributed by atoms with Crippen molar-refractivity contribution in [1.82, 2.24) is 5.32 Å². The van der Waals surface area contributed by atoms with Gasteiger partial charge in [-0.05, 0) is 44.9 Å². The number of hydrogen-bond acceptors (Lipinski definition) is 4. The highest BCUT2D eigenvalue weighted by atomic mass is 16.3. The Bertz CT molecular complexity index is 982. The van der Waals surface area contributed by atoms with E-state index < -0.39 is 18.2 Å². The maximum Gasteiger partial charge on any atom is 0.222 e. The number of carbonyl (C=O) groups excluding carboxylic acids is 1. The van der Waals surface area contributed by atoms with Crippen LogP contribution >= 0.6 is 0 Å². The molecule has 392 valence electrons. The Balaban J connectivity index is 3.51. The van der Waals surface area contributed by atoms with Crippen LogP contribution < -0.4 is 5.32 Å². The van der Waals surface area contributed by atoms with Crippen molar-refractivity contribution in [1.29, 1.82) is 0 Å². The average molecular weight is 931 g/mol. The van der Waals surface area contributed by atoms with Gasteiger partial charge in [-0.2, -0.15) is 0 Å². The summed E-state index contributed by atoms with van der Waals surface area (Å²) in [7, 11) is 0. The second kappa shape index (κ2) is 56.4. The third kappa shape index (κ3) is 52.2. The molecule has 0 aromatic rings. The van der Waals surface area contributed by atoms with Crippen LogP contribution in [0.5, 0.6) is 0 Å². The number of amides is 1. The molecule has 0 rings (SSSR count). The van der Waals surface area contributed by atoms with Crippen LogP contribution in [-0.4, -0.2) is 46.1 Å². The summed E-state index contributed by atoms with van der Waals surface area (Å²) in [6.07, 6.45) is 72.4. The molecule has 1 amide bonds. The van der Waals surface area contributed by atoms with Crippen LogP contribution in [-0.2, 0) is 4.79 Å². The lowest BCUT2D eigenvalue weighted by atomic mass is 10.0. The predicted octanol–water partition coefficient (Wildman–Crippen LogP) is 18.8. The van der Waals surface area contributed by atoms with Crippen molar-refractivity contribution in [3.8, 4) is 0 Å².